The fourth-order valence-corrected chi connectivity index (χ4v) is 1.57. The van der Waals surface area contributed by atoms with Crippen LogP contribution in [0.4, 0.5) is 5.69 Å². The summed E-state index contributed by atoms with van der Waals surface area (Å²) < 4.78 is 0. The van der Waals surface area contributed by atoms with Crippen LogP contribution in [-0.2, 0) is 11.2 Å². The lowest BCUT2D eigenvalue weighted by molar-refractivity contribution is -0.146. The molecule has 0 fully saturated rings. The number of hydrogen-bond acceptors (Lipinski definition) is 3. The molecule has 0 aromatic heterocycles. The number of benzene rings is 1. The number of carbonyl (C=O) groups is 1. The van der Waals surface area contributed by atoms with Crippen LogP contribution in [0.1, 0.15) is 23.7 Å². The van der Waals surface area contributed by atoms with Crippen LogP contribution in [0.25, 0.3) is 0 Å². The van der Waals surface area contributed by atoms with Crippen LogP contribution in [0, 0.1) is 0 Å². The largest absolute Gasteiger partial charge is 0.479 e. The number of carboxylic acids is 1. The Labute approximate surface area is 98.6 Å². The number of carboxylic acid groups (broad SMARTS) is 1. The van der Waals surface area contributed by atoms with Gasteiger partial charge in [0.1, 0.15) is 0 Å². The molecular weight excluding hydrogens is 230 g/mol. The molecule has 0 aliphatic carbocycles. The maximum atomic E-state index is 10.6. The van der Waals surface area contributed by atoms with Crippen LogP contribution in [0.15, 0.2) is 18.2 Å². The molecule has 1 atom stereocenters. The van der Waals surface area contributed by atoms with Gasteiger partial charge in [-0.15, -0.1) is 11.6 Å². The Bertz CT molecular complexity index is 381. The van der Waals surface area contributed by atoms with Gasteiger partial charge in [-0.3, -0.25) is 0 Å². The molecular formula is C11H14ClNO3. The third kappa shape index (κ3) is 3.12. The van der Waals surface area contributed by atoms with Crippen LogP contribution >= 0.6 is 11.6 Å². The topological polar surface area (TPSA) is 83.5 Å². The number of halogens is 1. The Kier molecular flexibility index (Phi) is 4.58. The Hall–Kier alpha value is -1.26. The van der Waals surface area contributed by atoms with Crippen molar-refractivity contribution < 1.29 is 15.0 Å². The van der Waals surface area contributed by atoms with E-state index in [1.807, 2.05) is 0 Å². The summed E-state index contributed by atoms with van der Waals surface area (Å²) in [7, 11) is 0. The number of hydrogen-bond donors (Lipinski definition) is 3. The first kappa shape index (κ1) is 12.8. The number of alkyl halides is 1. The van der Waals surface area contributed by atoms with Crippen molar-refractivity contribution in [2.75, 3.05) is 11.6 Å². The number of nitrogens with two attached hydrogens (primary N) is 1. The smallest absolute Gasteiger partial charge is 0.337 e. The average molecular weight is 244 g/mol. The number of anilines is 1. The van der Waals surface area contributed by atoms with Crippen LogP contribution in [0.2, 0.25) is 0 Å². The second-order valence-electron chi connectivity index (χ2n) is 3.50. The Balaban J connectivity index is 2.87. The number of aryl methyl sites for hydroxylation is 1. The monoisotopic (exact) mass is 243 g/mol. The zero-order valence-electron chi connectivity index (χ0n) is 8.69. The van der Waals surface area contributed by atoms with Crippen molar-refractivity contribution in [2.24, 2.45) is 0 Å². The third-order valence-corrected chi connectivity index (χ3v) is 2.55. The molecule has 1 unspecified atom stereocenters. The van der Waals surface area contributed by atoms with Crippen molar-refractivity contribution in [3.63, 3.8) is 0 Å². The molecule has 4 nitrogen and oxygen atoms in total. The molecule has 1 aromatic carbocycles. The van der Waals surface area contributed by atoms with Gasteiger partial charge in [0.15, 0.2) is 6.10 Å². The van der Waals surface area contributed by atoms with Crippen molar-refractivity contribution in [2.45, 2.75) is 18.9 Å². The Morgan fingerprint density at radius 1 is 1.50 bits per heavy atom. The highest BCUT2D eigenvalue weighted by molar-refractivity contribution is 6.17. The number of aliphatic hydroxyl groups is 1. The van der Waals surface area contributed by atoms with Crippen molar-refractivity contribution >= 4 is 23.3 Å². The molecule has 88 valence electrons. The molecule has 0 heterocycles. The van der Waals surface area contributed by atoms with Gasteiger partial charge in [-0.1, -0.05) is 12.1 Å². The molecule has 4 N–H and O–H groups in total. The van der Waals surface area contributed by atoms with Crippen LogP contribution < -0.4 is 5.73 Å². The predicted molar refractivity (Wildman–Crippen MR) is 62.5 cm³/mol. The summed E-state index contributed by atoms with van der Waals surface area (Å²) in [6.45, 7) is 0. The van der Waals surface area contributed by atoms with Gasteiger partial charge in [-0.2, -0.15) is 0 Å². The summed E-state index contributed by atoms with van der Waals surface area (Å²) >= 11 is 5.57. The Morgan fingerprint density at radius 3 is 2.69 bits per heavy atom. The first-order chi connectivity index (χ1) is 7.56. The molecule has 0 saturated carbocycles. The van der Waals surface area contributed by atoms with E-state index in [0.717, 1.165) is 18.4 Å². The van der Waals surface area contributed by atoms with E-state index >= 15 is 0 Å². The zero-order valence-corrected chi connectivity index (χ0v) is 9.44. The van der Waals surface area contributed by atoms with E-state index in [-0.39, 0.29) is 5.56 Å². The number of aliphatic carboxylic acids is 1. The molecule has 0 amide bonds. The fourth-order valence-electron chi connectivity index (χ4n) is 1.43. The average Bonchev–Trinajstić information content (AvgIpc) is 2.25. The zero-order chi connectivity index (χ0) is 12.1. The maximum Gasteiger partial charge on any atom is 0.337 e. The molecule has 0 radical (unpaired) electrons. The summed E-state index contributed by atoms with van der Waals surface area (Å²) in [6.07, 6.45) is 0.0565. The predicted octanol–water partition coefficient (Wildman–Crippen LogP) is 1.56. The summed E-state index contributed by atoms with van der Waals surface area (Å²) in [5.41, 5.74) is 7.18. The van der Waals surface area contributed by atoms with Crippen molar-refractivity contribution in [1.29, 1.82) is 0 Å². The van der Waals surface area contributed by atoms with Gasteiger partial charge in [0.2, 0.25) is 0 Å². The van der Waals surface area contributed by atoms with Crippen molar-refractivity contribution in [1.82, 2.24) is 0 Å². The lowest BCUT2D eigenvalue weighted by Gasteiger charge is -2.10. The SMILES string of the molecule is Nc1cc(CCCCl)ccc1C(O)C(=O)O. The molecule has 0 aliphatic rings. The molecule has 16 heavy (non-hydrogen) atoms. The normalized spacial score (nSPS) is 12.4. The molecule has 1 rings (SSSR count). The van der Waals surface area contributed by atoms with E-state index in [2.05, 4.69) is 0 Å². The maximum absolute atomic E-state index is 10.6. The number of aliphatic hydroxyl groups excluding tert-OH is 1. The molecule has 0 saturated heterocycles. The van der Waals surface area contributed by atoms with Crippen molar-refractivity contribution in [3.8, 4) is 0 Å². The van der Waals surface area contributed by atoms with Crippen LogP contribution in [0.5, 0.6) is 0 Å². The quantitative estimate of drug-likeness (QED) is 0.541. The minimum absolute atomic E-state index is 0.224. The van der Waals surface area contributed by atoms with E-state index in [9.17, 15) is 9.90 Å². The van der Waals surface area contributed by atoms with Gasteiger partial charge in [0.25, 0.3) is 0 Å². The second kappa shape index (κ2) is 5.72. The summed E-state index contributed by atoms with van der Waals surface area (Å²) in [4.78, 5) is 10.6. The van der Waals surface area contributed by atoms with Crippen LogP contribution in [0.3, 0.4) is 0 Å². The van der Waals surface area contributed by atoms with Gasteiger partial charge in [-0.05, 0) is 24.5 Å². The van der Waals surface area contributed by atoms with E-state index in [0.29, 0.717) is 11.6 Å². The third-order valence-electron chi connectivity index (χ3n) is 2.28. The molecule has 0 aliphatic heterocycles. The van der Waals surface area contributed by atoms with Crippen LogP contribution in [-0.4, -0.2) is 22.1 Å². The van der Waals surface area contributed by atoms with E-state index < -0.39 is 12.1 Å². The van der Waals surface area contributed by atoms with Gasteiger partial charge in [0.05, 0.1) is 0 Å². The second-order valence-corrected chi connectivity index (χ2v) is 3.87. The first-order valence-corrected chi connectivity index (χ1v) is 5.45. The van der Waals surface area contributed by atoms with Crippen molar-refractivity contribution in [3.05, 3.63) is 29.3 Å². The van der Waals surface area contributed by atoms with Gasteiger partial charge < -0.3 is 15.9 Å². The van der Waals surface area contributed by atoms with E-state index in [1.54, 1.807) is 12.1 Å². The summed E-state index contributed by atoms with van der Waals surface area (Å²) in [6, 6.07) is 4.97. The molecule has 0 spiro atoms. The fraction of sp³-hybridized carbons (Fsp3) is 0.364. The number of nitrogen functional groups attached to an aromatic ring is 1. The van der Waals surface area contributed by atoms with Gasteiger partial charge >= 0.3 is 5.97 Å². The van der Waals surface area contributed by atoms with E-state index in [1.165, 1.54) is 6.07 Å². The first-order valence-electron chi connectivity index (χ1n) is 4.91. The number of rotatable bonds is 5. The summed E-state index contributed by atoms with van der Waals surface area (Å²) in [5, 5.41) is 18.0. The highest BCUT2D eigenvalue weighted by atomic mass is 35.5. The minimum atomic E-state index is -1.57. The van der Waals surface area contributed by atoms with Gasteiger partial charge in [-0.25, -0.2) is 4.79 Å². The highest BCUT2D eigenvalue weighted by Crippen LogP contribution is 2.22. The van der Waals surface area contributed by atoms with E-state index in [4.69, 9.17) is 22.4 Å². The minimum Gasteiger partial charge on any atom is -0.479 e. The lowest BCUT2D eigenvalue weighted by atomic mass is 10.0. The standard InChI is InChI=1S/C11H14ClNO3/c12-5-1-2-7-3-4-8(9(13)6-7)10(14)11(15)16/h3-4,6,10,14H,1-2,5,13H2,(H,15,16). The summed E-state index contributed by atoms with van der Waals surface area (Å²) in [5.74, 6) is -0.737. The molecule has 0 bridgehead atoms. The highest BCUT2D eigenvalue weighted by Gasteiger charge is 2.18. The van der Waals surface area contributed by atoms with Gasteiger partial charge in [0, 0.05) is 17.1 Å². The molecule has 5 heteroatoms. The molecule has 1 aromatic rings. The Morgan fingerprint density at radius 2 is 2.19 bits per heavy atom. The lowest BCUT2D eigenvalue weighted by Crippen LogP contribution is -2.12.